The van der Waals surface area contributed by atoms with Crippen LogP contribution >= 0.6 is 11.3 Å². The molecule has 3 heterocycles. The van der Waals surface area contributed by atoms with Gasteiger partial charge in [0.25, 0.3) is 11.8 Å². The minimum atomic E-state index is -0.193. The molecule has 7 heteroatoms. The second-order valence-electron chi connectivity index (χ2n) is 6.97. The van der Waals surface area contributed by atoms with Crippen molar-refractivity contribution >= 4 is 28.8 Å². The van der Waals surface area contributed by atoms with Crippen LogP contribution in [0.5, 0.6) is 0 Å². The van der Waals surface area contributed by atoms with Crippen molar-refractivity contribution in [2.24, 2.45) is 0 Å². The summed E-state index contributed by atoms with van der Waals surface area (Å²) in [5, 5.41) is 5.68. The molecule has 4 rings (SSSR count). The number of carbonyl (C=O) groups excluding carboxylic acids is 2. The summed E-state index contributed by atoms with van der Waals surface area (Å²) in [5.41, 5.74) is 3.62. The fraction of sp³-hybridized carbons (Fsp3) is 0.286. The molecule has 2 aromatic heterocycles. The third kappa shape index (κ3) is 3.45. The van der Waals surface area contributed by atoms with Crippen molar-refractivity contribution in [3.63, 3.8) is 0 Å². The van der Waals surface area contributed by atoms with Crippen LogP contribution in [0.1, 0.15) is 44.9 Å². The molecule has 1 saturated heterocycles. The van der Waals surface area contributed by atoms with Crippen molar-refractivity contribution in [3.05, 3.63) is 64.4 Å². The van der Waals surface area contributed by atoms with E-state index in [2.05, 4.69) is 10.3 Å². The van der Waals surface area contributed by atoms with Gasteiger partial charge in [-0.25, -0.2) is 4.98 Å². The van der Waals surface area contributed by atoms with E-state index in [1.165, 1.54) is 11.3 Å². The summed E-state index contributed by atoms with van der Waals surface area (Å²) in [6.07, 6.45) is 3.86. The number of benzene rings is 1. The van der Waals surface area contributed by atoms with E-state index >= 15 is 0 Å². The van der Waals surface area contributed by atoms with Crippen molar-refractivity contribution in [2.45, 2.75) is 26.7 Å². The molecule has 0 unspecified atom stereocenters. The largest absolute Gasteiger partial charge is 0.339 e. The molecular formula is C21H22N4O2S. The molecule has 1 aliphatic heterocycles. The summed E-state index contributed by atoms with van der Waals surface area (Å²) in [7, 11) is 0. The van der Waals surface area contributed by atoms with E-state index in [0.29, 0.717) is 16.8 Å². The smallest absolute Gasteiger partial charge is 0.257 e. The van der Waals surface area contributed by atoms with E-state index in [1.807, 2.05) is 34.8 Å². The average molecular weight is 395 g/mol. The van der Waals surface area contributed by atoms with Gasteiger partial charge in [0.2, 0.25) is 0 Å². The molecule has 144 valence electrons. The maximum absolute atomic E-state index is 12.9. The van der Waals surface area contributed by atoms with E-state index in [-0.39, 0.29) is 11.8 Å². The summed E-state index contributed by atoms with van der Waals surface area (Å²) < 4.78 is 1.98. The molecule has 3 aromatic rings. The second kappa shape index (κ2) is 7.59. The lowest BCUT2D eigenvalue weighted by Gasteiger charge is -2.15. The van der Waals surface area contributed by atoms with Gasteiger partial charge in [-0.2, -0.15) is 0 Å². The molecule has 0 atom stereocenters. The predicted octanol–water partition coefficient (Wildman–Crippen LogP) is 4.04. The standard InChI is InChI=1S/C21H22N4O2S/c1-14-12-18(15(2)25(14)21-22-8-11-28-21)19(26)23-17-7-5-6-16(13-17)20(27)24-9-3-4-10-24/h5-8,11-13H,3-4,9-10H2,1-2H3,(H,23,26). The number of rotatable bonds is 4. The Balaban J connectivity index is 1.55. The lowest BCUT2D eigenvalue weighted by molar-refractivity contribution is 0.0792. The number of anilines is 1. The maximum Gasteiger partial charge on any atom is 0.257 e. The number of hydrogen-bond donors (Lipinski definition) is 1. The Morgan fingerprint density at radius 2 is 1.93 bits per heavy atom. The lowest BCUT2D eigenvalue weighted by atomic mass is 10.1. The van der Waals surface area contributed by atoms with E-state index in [1.54, 1.807) is 30.5 Å². The number of nitrogens with one attached hydrogen (secondary N) is 1. The first kappa shape index (κ1) is 18.4. The third-order valence-corrected chi connectivity index (χ3v) is 5.80. The SMILES string of the molecule is Cc1cc(C(=O)Nc2cccc(C(=O)N3CCCC3)c2)c(C)n1-c1nccs1. The van der Waals surface area contributed by atoms with Gasteiger partial charge >= 0.3 is 0 Å². The quantitative estimate of drug-likeness (QED) is 0.726. The van der Waals surface area contributed by atoms with E-state index in [4.69, 9.17) is 0 Å². The highest BCUT2D eigenvalue weighted by Crippen LogP contribution is 2.23. The van der Waals surface area contributed by atoms with Gasteiger partial charge in [-0.1, -0.05) is 6.07 Å². The average Bonchev–Trinajstić information content (AvgIpc) is 3.43. The van der Waals surface area contributed by atoms with Crippen LogP contribution in [0, 0.1) is 13.8 Å². The third-order valence-electron chi connectivity index (χ3n) is 5.05. The molecule has 0 aliphatic carbocycles. The maximum atomic E-state index is 12.9. The van der Waals surface area contributed by atoms with Crippen LogP contribution in [0.2, 0.25) is 0 Å². The molecule has 1 N–H and O–H groups in total. The number of hydrogen-bond acceptors (Lipinski definition) is 4. The molecule has 1 aliphatic rings. The van der Waals surface area contributed by atoms with Crippen LogP contribution in [0.25, 0.3) is 5.13 Å². The van der Waals surface area contributed by atoms with Crippen molar-refractivity contribution in [1.29, 1.82) is 0 Å². The van der Waals surface area contributed by atoms with Crippen LogP contribution in [0.4, 0.5) is 5.69 Å². The Hall–Kier alpha value is -2.93. The summed E-state index contributed by atoms with van der Waals surface area (Å²) >= 11 is 1.53. The van der Waals surface area contributed by atoms with E-state index < -0.39 is 0 Å². The Morgan fingerprint density at radius 1 is 1.14 bits per heavy atom. The molecule has 0 bridgehead atoms. The summed E-state index contributed by atoms with van der Waals surface area (Å²) in [4.78, 5) is 31.7. The van der Waals surface area contributed by atoms with Crippen molar-refractivity contribution in [1.82, 2.24) is 14.5 Å². The van der Waals surface area contributed by atoms with E-state index in [0.717, 1.165) is 42.5 Å². The number of likely N-dealkylation sites (tertiary alicyclic amines) is 1. The lowest BCUT2D eigenvalue weighted by Crippen LogP contribution is -2.27. The van der Waals surface area contributed by atoms with Crippen LogP contribution in [0.3, 0.4) is 0 Å². The number of carbonyl (C=O) groups is 2. The molecule has 1 fully saturated rings. The minimum absolute atomic E-state index is 0.0237. The molecule has 2 amide bonds. The zero-order valence-corrected chi connectivity index (χ0v) is 16.8. The highest BCUT2D eigenvalue weighted by Gasteiger charge is 2.21. The zero-order chi connectivity index (χ0) is 19.7. The molecule has 6 nitrogen and oxygen atoms in total. The minimum Gasteiger partial charge on any atom is -0.339 e. The zero-order valence-electron chi connectivity index (χ0n) is 15.9. The van der Waals surface area contributed by atoms with Gasteiger partial charge in [-0.3, -0.25) is 14.2 Å². The summed E-state index contributed by atoms with van der Waals surface area (Å²) in [6.45, 7) is 5.48. The van der Waals surface area contributed by atoms with Gasteiger partial charge in [0.15, 0.2) is 5.13 Å². The highest BCUT2D eigenvalue weighted by atomic mass is 32.1. The van der Waals surface area contributed by atoms with Crippen LogP contribution in [-0.4, -0.2) is 39.4 Å². The van der Waals surface area contributed by atoms with Crippen molar-refractivity contribution in [3.8, 4) is 5.13 Å². The first-order valence-corrected chi connectivity index (χ1v) is 10.2. The van der Waals surface area contributed by atoms with Crippen molar-refractivity contribution in [2.75, 3.05) is 18.4 Å². The Morgan fingerprint density at radius 3 is 2.64 bits per heavy atom. The molecule has 0 saturated carbocycles. The fourth-order valence-electron chi connectivity index (χ4n) is 3.64. The molecular weight excluding hydrogens is 372 g/mol. The van der Waals surface area contributed by atoms with Gasteiger partial charge in [0, 0.05) is 47.3 Å². The first-order chi connectivity index (χ1) is 13.5. The number of amides is 2. The normalized spacial score (nSPS) is 13.7. The van der Waals surface area contributed by atoms with E-state index in [9.17, 15) is 9.59 Å². The van der Waals surface area contributed by atoms with Gasteiger partial charge in [0.1, 0.15) is 0 Å². The molecule has 28 heavy (non-hydrogen) atoms. The van der Waals surface area contributed by atoms with Gasteiger partial charge in [-0.15, -0.1) is 11.3 Å². The number of nitrogens with zero attached hydrogens (tertiary/aromatic N) is 3. The number of thiazole rings is 1. The molecule has 1 aromatic carbocycles. The summed E-state index contributed by atoms with van der Waals surface area (Å²) in [5.74, 6) is -0.169. The van der Waals surface area contributed by atoms with Crippen LogP contribution < -0.4 is 5.32 Å². The van der Waals surface area contributed by atoms with Crippen molar-refractivity contribution < 1.29 is 9.59 Å². The predicted molar refractivity (Wildman–Crippen MR) is 110 cm³/mol. The Kier molecular flexibility index (Phi) is 5.00. The number of aryl methyl sites for hydroxylation is 1. The van der Waals surface area contributed by atoms with Gasteiger partial charge in [0.05, 0.1) is 5.56 Å². The second-order valence-corrected chi connectivity index (χ2v) is 7.84. The topological polar surface area (TPSA) is 67.2 Å². The Labute approximate surface area is 167 Å². The monoisotopic (exact) mass is 394 g/mol. The molecule has 0 radical (unpaired) electrons. The highest BCUT2D eigenvalue weighted by molar-refractivity contribution is 7.12. The fourth-order valence-corrected chi connectivity index (χ4v) is 4.40. The van der Waals surface area contributed by atoms with Crippen LogP contribution in [0.15, 0.2) is 41.9 Å². The van der Waals surface area contributed by atoms with Gasteiger partial charge in [-0.05, 0) is 51.0 Å². The summed E-state index contributed by atoms with van der Waals surface area (Å²) in [6, 6.07) is 9.02. The van der Waals surface area contributed by atoms with Gasteiger partial charge < -0.3 is 10.2 Å². The molecule has 0 spiro atoms. The number of aromatic nitrogens is 2. The Bertz CT molecular complexity index is 1020. The van der Waals surface area contributed by atoms with Crippen LogP contribution in [-0.2, 0) is 0 Å². The first-order valence-electron chi connectivity index (χ1n) is 9.34.